The molecule has 1 atom stereocenters. The summed E-state index contributed by atoms with van der Waals surface area (Å²) in [5.74, 6) is -3.32. The molecule has 0 spiro atoms. The number of fused-ring (bicyclic) bond motifs is 1. The van der Waals surface area contributed by atoms with E-state index in [4.69, 9.17) is 15.0 Å². The van der Waals surface area contributed by atoms with Gasteiger partial charge in [-0.2, -0.15) is 13.2 Å². The van der Waals surface area contributed by atoms with Gasteiger partial charge in [-0.05, 0) is 72.7 Å². The molecule has 0 saturated carbocycles. The SMILES string of the molecule is Cc1ccccc1Nc1nc2ccc(CC(=O)Nc3ccc(C(CCCO)CC(=O)O)cc3)cc2[nH]1.O=C(O)C(F)(F)F.[H-].[Li+]. The Morgan fingerprint density at radius 3 is 2.27 bits per heavy atom. The average Bonchev–Trinajstić information content (AvgIpc) is 3.34. The number of carboxylic acid groups (broad SMARTS) is 2. The molecule has 0 fully saturated rings. The fraction of sp³-hybridized carbons (Fsp3) is 0.267. The van der Waals surface area contributed by atoms with Crippen LogP contribution in [0, 0.1) is 6.92 Å². The van der Waals surface area contributed by atoms with Crippen molar-refractivity contribution in [2.24, 2.45) is 0 Å². The number of aromatic amines is 1. The van der Waals surface area contributed by atoms with Crippen molar-refractivity contribution in [2.45, 2.75) is 44.7 Å². The van der Waals surface area contributed by atoms with Crippen LogP contribution in [0.1, 0.15) is 43.3 Å². The van der Waals surface area contributed by atoms with Crippen LogP contribution in [-0.4, -0.2) is 55.9 Å². The molecule has 10 nitrogen and oxygen atoms in total. The van der Waals surface area contributed by atoms with Crippen molar-refractivity contribution >= 4 is 46.2 Å². The molecular formula is C30H32F3LiN4O6. The van der Waals surface area contributed by atoms with Crippen molar-refractivity contribution in [2.75, 3.05) is 17.2 Å². The topological polar surface area (TPSA) is 165 Å². The zero-order valence-corrected chi connectivity index (χ0v) is 24.1. The minimum absolute atomic E-state index is 0. The number of carbonyl (C=O) groups excluding carboxylic acids is 1. The van der Waals surface area contributed by atoms with Gasteiger partial charge in [-0.15, -0.1) is 0 Å². The van der Waals surface area contributed by atoms with Gasteiger partial charge in [0.05, 0.1) is 23.9 Å². The quantitative estimate of drug-likeness (QED) is 0.142. The van der Waals surface area contributed by atoms with Crippen LogP contribution in [0.3, 0.4) is 0 Å². The number of hydrogen-bond donors (Lipinski definition) is 6. The van der Waals surface area contributed by atoms with Crippen LogP contribution in [0.4, 0.5) is 30.5 Å². The number of nitrogens with one attached hydrogen (secondary N) is 3. The summed E-state index contributed by atoms with van der Waals surface area (Å²) in [6.45, 7) is 2.06. The number of rotatable bonds is 11. The molecule has 1 amide bonds. The van der Waals surface area contributed by atoms with E-state index in [0.29, 0.717) is 24.5 Å². The number of carbonyl (C=O) groups is 3. The van der Waals surface area contributed by atoms with Crippen LogP contribution in [0.2, 0.25) is 0 Å². The average molecular weight is 609 g/mol. The summed E-state index contributed by atoms with van der Waals surface area (Å²) in [5, 5.41) is 31.6. The summed E-state index contributed by atoms with van der Waals surface area (Å²) in [5.41, 5.74) is 6.12. The molecule has 1 heterocycles. The first-order valence-electron chi connectivity index (χ1n) is 13.2. The third-order valence-electron chi connectivity index (χ3n) is 6.35. The smallest absolute Gasteiger partial charge is 1.00 e. The monoisotopic (exact) mass is 608 g/mol. The van der Waals surface area contributed by atoms with Crippen LogP contribution in [0.25, 0.3) is 11.0 Å². The minimum Gasteiger partial charge on any atom is -1.00 e. The molecule has 0 bridgehead atoms. The van der Waals surface area contributed by atoms with E-state index < -0.39 is 18.1 Å². The Kier molecular flexibility index (Phi) is 13.5. The fourth-order valence-electron chi connectivity index (χ4n) is 4.23. The number of aliphatic hydroxyl groups excluding tert-OH is 1. The number of nitrogens with zero attached hydrogens (tertiary/aromatic N) is 1. The van der Waals surface area contributed by atoms with E-state index in [2.05, 4.69) is 20.6 Å². The number of benzene rings is 3. The zero-order chi connectivity index (χ0) is 31.6. The summed E-state index contributed by atoms with van der Waals surface area (Å²) in [6.07, 6.45) is -3.74. The Hall–Kier alpha value is -4.31. The molecule has 0 saturated heterocycles. The maximum atomic E-state index is 12.7. The number of para-hydroxylation sites is 1. The van der Waals surface area contributed by atoms with Gasteiger partial charge >= 0.3 is 37.0 Å². The van der Waals surface area contributed by atoms with Gasteiger partial charge in [0, 0.05) is 18.0 Å². The second-order valence-electron chi connectivity index (χ2n) is 9.69. The van der Waals surface area contributed by atoms with Crippen molar-refractivity contribution in [3.8, 4) is 0 Å². The third-order valence-corrected chi connectivity index (χ3v) is 6.35. The van der Waals surface area contributed by atoms with Crippen LogP contribution >= 0.6 is 0 Å². The van der Waals surface area contributed by atoms with E-state index in [0.717, 1.165) is 33.4 Å². The summed E-state index contributed by atoms with van der Waals surface area (Å²) in [7, 11) is 0. The van der Waals surface area contributed by atoms with Crippen LogP contribution in [0.5, 0.6) is 0 Å². The first-order valence-corrected chi connectivity index (χ1v) is 13.2. The van der Waals surface area contributed by atoms with E-state index >= 15 is 0 Å². The maximum Gasteiger partial charge on any atom is 1.00 e. The minimum atomic E-state index is -5.08. The van der Waals surface area contributed by atoms with Crippen molar-refractivity contribution < 1.29 is 63.2 Å². The van der Waals surface area contributed by atoms with Crippen LogP contribution < -0.4 is 29.5 Å². The number of H-pyrrole nitrogens is 1. The van der Waals surface area contributed by atoms with Gasteiger partial charge in [-0.1, -0.05) is 36.4 Å². The molecule has 4 rings (SSSR count). The first kappa shape index (κ1) is 35.9. The molecule has 230 valence electrons. The number of aromatic nitrogens is 2. The third kappa shape index (κ3) is 11.1. The standard InChI is InChI=1S/C28H30N4O4.C2HF3O2.Li.H/c1-18-5-2-3-7-23(18)30-28-31-24-13-8-19(15-25(24)32-28)16-26(34)29-22-11-9-20(10-12-22)21(6-4-14-33)17-27(35)36;3-2(4,5)1(6)7;;/h2-3,5,7-13,15,21,33H,4,6,14,16-17H2,1H3,(H,29,34)(H,35,36)(H2,30,31,32);(H,6,7);;/q;;+1;-1. The molecule has 3 aromatic carbocycles. The number of halogens is 3. The maximum absolute atomic E-state index is 12.7. The molecule has 14 heteroatoms. The Bertz CT molecular complexity index is 1570. The predicted octanol–water partition coefficient (Wildman–Crippen LogP) is 2.88. The van der Waals surface area contributed by atoms with E-state index in [-0.39, 0.29) is 51.6 Å². The summed E-state index contributed by atoms with van der Waals surface area (Å²) >= 11 is 0. The largest absolute Gasteiger partial charge is 1.00 e. The van der Waals surface area contributed by atoms with Gasteiger partial charge in [0.1, 0.15) is 0 Å². The van der Waals surface area contributed by atoms with E-state index in [1.807, 2.05) is 61.5 Å². The van der Waals surface area contributed by atoms with Crippen molar-refractivity contribution in [3.63, 3.8) is 0 Å². The second-order valence-corrected chi connectivity index (χ2v) is 9.69. The predicted molar refractivity (Wildman–Crippen MR) is 155 cm³/mol. The summed E-state index contributed by atoms with van der Waals surface area (Å²) in [6, 6.07) is 20.9. The number of aryl methyl sites for hydroxylation is 1. The normalized spacial score (nSPS) is 11.5. The summed E-state index contributed by atoms with van der Waals surface area (Å²) < 4.78 is 31.7. The van der Waals surface area contributed by atoms with E-state index in [1.54, 1.807) is 12.1 Å². The summed E-state index contributed by atoms with van der Waals surface area (Å²) in [4.78, 5) is 40.6. The molecule has 1 unspecified atom stereocenters. The van der Waals surface area contributed by atoms with Gasteiger partial charge < -0.3 is 32.4 Å². The van der Waals surface area contributed by atoms with Crippen LogP contribution in [-0.2, 0) is 20.8 Å². The van der Waals surface area contributed by atoms with Gasteiger partial charge in [0.25, 0.3) is 0 Å². The van der Waals surface area contributed by atoms with Gasteiger partial charge in [0.15, 0.2) is 0 Å². The Labute approximate surface area is 264 Å². The van der Waals surface area contributed by atoms with Gasteiger partial charge in [0.2, 0.25) is 11.9 Å². The van der Waals surface area contributed by atoms with Crippen molar-refractivity contribution in [1.82, 2.24) is 9.97 Å². The fourth-order valence-corrected chi connectivity index (χ4v) is 4.23. The first-order chi connectivity index (χ1) is 20.3. The molecule has 0 aliphatic rings. The Morgan fingerprint density at radius 1 is 1.02 bits per heavy atom. The Balaban J connectivity index is 0.00000101. The molecule has 1 aromatic heterocycles. The number of alkyl halides is 3. The van der Waals surface area contributed by atoms with Crippen molar-refractivity contribution in [1.29, 1.82) is 0 Å². The number of aliphatic hydroxyl groups is 1. The van der Waals surface area contributed by atoms with E-state index in [1.165, 1.54) is 0 Å². The number of hydrogen-bond acceptors (Lipinski definition) is 6. The van der Waals surface area contributed by atoms with Crippen LogP contribution in [0.15, 0.2) is 66.7 Å². The molecule has 4 aromatic rings. The molecule has 0 aliphatic heterocycles. The molecular weight excluding hydrogens is 576 g/mol. The molecule has 44 heavy (non-hydrogen) atoms. The van der Waals surface area contributed by atoms with Crippen molar-refractivity contribution in [3.05, 3.63) is 83.4 Å². The zero-order valence-electron chi connectivity index (χ0n) is 25.1. The molecule has 0 aliphatic carbocycles. The second kappa shape index (κ2) is 16.5. The van der Waals surface area contributed by atoms with E-state index in [9.17, 15) is 27.9 Å². The number of imidazole rings is 1. The molecule has 0 radical (unpaired) electrons. The Morgan fingerprint density at radius 2 is 1.68 bits per heavy atom. The van der Waals surface area contributed by atoms with Gasteiger partial charge in [-0.25, -0.2) is 9.78 Å². The number of amides is 1. The number of anilines is 3. The number of aliphatic carboxylic acids is 2. The number of carboxylic acids is 2. The van der Waals surface area contributed by atoms with Gasteiger partial charge in [-0.3, -0.25) is 9.59 Å². The molecule has 6 N–H and O–H groups in total.